The van der Waals surface area contributed by atoms with Crippen molar-refractivity contribution in [2.75, 3.05) is 15.8 Å². The molecule has 7 heteroatoms. The Labute approximate surface area is 182 Å². The van der Waals surface area contributed by atoms with E-state index in [1.54, 1.807) is 48.2 Å². The van der Waals surface area contributed by atoms with Crippen molar-refractivity contribution in [1.29, 1.82) is 0 Å². The minimum atomic E-state index is -3.68. The van der Waals surface area contributed by atoms with Crippen LogP contribution in [-0.4, -0.2) is 20.1 Å². The summed E-state index contributed by atoms with van der Waals surface area (Å²) in [6.07, 6.45) is 0. The summed E-state index contributed by atoms with van der Waals surface area (Å²) in [5, 5.41) is 2.80. The average molecular weight is 441 g/mol. The number of thioether (sulfide) groups is 1. The summed E-state index contributed by atoms with van der Waals surface area (Å²) in [7, 11) is -3.68. The third-order valence-corrected chi connectivity index (χ3v) is 6.66. The molecule has 0 radical (unpaired) electrons. The first-order valence-electron chi connectivity index (χ1n) is 9.44. The molecular formula is C23H24N2O3S2. The van der Waals surface area contributed by atoms with Gasteiger partial charge in [-0.25, -0.2) is 8.42 Å². The van der Waals surface area contributed by atoms with Gasteiger partial charge in [0.1, 0.15) is 0 Å². The van der Waals surface area contributed by atoms with E-state index in [1.807, 2.05) is 6.07 Å². The first-order valence-corrected chi connectivity index (χ1v) is 12.1. The lowest BCUT2D eigenvalue weighted by Crippen LogP contribution is -2.15. The van der Waals surface area contributed by atoms with Crippen LogP contribution in [0, 0.1) is 13.8 Å². The number of aryl methyl sites for hydroxylation is 2. The Kier molecular flexibility index (Phi) is 7.18. The average Bonchev–Trinajstić information content (AvgIpc) is 2.68. The van der Waals surface area contributed by atoms with Crippen molar-refractivity contribution in [1.82, 2.24) is 0 Å². The number of sulfonamides is 1. The molecule has 3 aromatic carbocycles. The number of hydrogen-bond donors (Lipinski definition) is 2. The Bertz CT molecular complexity index is 1090. The molecule has 1 amide bonds. The number of carbonyl (C=O) groups excluding carboxylic acids is 1. The van der Waals surface area contributed by atoms with Crippen molar-refractivity contribution in [3.63, 3.8) is 0 Å². The Hall–Kier alpha value is -2.77. The smallest absolute Gasteiger partial charge is 0.261 e. The van der Waals surface area contributed by atoms with Crippen molar-refractivity contribution < 1.29 is 13.2 Å². The SMILES string of the molecule is Cc1cc(C)cc(CSCC(=O)Nc2ccc(S(=O)(=O)Nc3ccccc3)cc2)c1. The Morgan fingerprint density at radius 2 is 1.50 bits per heavy atom. The molecule has 0 aliphatic heterocycles. The summed E-state index contributed by atoms with van der Waals surface area (Å²) >= 11 is 1.54. The van der Waals surface area contributed by atoms with Crippen LogP contribution in [0.25, 0.3) is 0 Å². The number of para-hydroxylation sites is 1. The third-order valence-electron chi connectivity index (χ3n) is 4.26. The summed E-state index contributed by atoms with van der Waals surface area (Å²) < 4.78 is 27.4. The fraction of sp³-hybridized carbons (Fsp3) is 0.174. The Morgan fingerprint density at radius 3 is 2.13 bits per heavy atom. The predicted molar refractivity (Wildman–Crippen MR) is 124 cm³/mol. The van der Waals surface area contributed by atoms with Gasteiger partial charge in [0, 0.05) is 17.1 Å². The highest BCUT2D eigenvalue weighted by molar-refractivity contribution is 7.99. The molecule has 0 fully saturated rings. The summed E-state index contributed by atoms with van der Waals surface area (Å²) in [6.45, 7) is 4.13. The molecule has 156 valence electrons. The number of hydrogen-bond acceptors (Lipinski definition) is 4. The molecule has 0 unspecified atom stereocenters. The summed E-state index contributed by atoms with van der Waals surface area (Å²) in [6, 6.07) is 21.2. The van der Waals surface area contributed by atoms with E-state index in [0.29, 0.717) is 17.1 Å². The fourth-order valence-electron chi connectivity index (χ4n) is 3.05. The maximum absolute atomic E-state index is 12.5. The second-order valence-corrected chi connectivity index (χ2v) is 9.70. The van der Waals surface area contributed by atoms with Crippen LogP contribution in [-0.2, 0) is 20.6 Å². The molecular weight excluding hydrogens is 416 g/mol. The molecule has 0 saturated heterocycles. The summed E-state index contributed by atoms with van der Waals surface area (Å²) in [5.74, 6) is 0.961. The van der Waals surface area contributed by atoms with E-state index in [-0.39, 0.29) is 10.8 Å². The van der Waals surface area contributed by atoms with Crippen LogP contribution in [0.1, 0.15) is 16.7 Å². The molecule has 3 rings (SSSR count). The number of rotatable bonds is 8. The van der Waals surface area contributed by atoms with Crippen molar-refractivity contribution in [3.8, 4) is 0 Å². The molecule has 3 aromatic rings. The molecule has 0 aromatic heterocycles. The van der Waals surface area contributed by atoms with E-state index in [2.05, 4.69) is 42.1 Å². The van der Waals surface area contributed by atoms with E-state index in [0.717, 1.165) is 5.75 Å². The van der Waals surface area contributed by atoms with Crippen molar-refractivity contribution in [2.24, 2.45) is 0 Å². The van der Waals surface area contributed by atoms with Crippen LogP contribution < -0.4 is 10.0 Å². The van der Waals surface area contributed by atoms with Crippen LogP contribution in [0.5, 0.6) is 0 Å². The van der Waals surface area contributed by atoms with Gasteiger partial charge in [0.2, 0.25) is 5.91 Å². The summed E-state index contributed by atoms with van der Waals surface area (Å²) in [5.41, 5.74) is 4.69. The lowest BCUT2D eigenvalue weighted by molar-refractivity contribution is -0.113. The van der Waals surface area contributed by atoms with Crippen LogP contribution in [0.4, 0.5) is 11.4 Å². The quantitative estimate of drug-likeness (QED) is 0.518. The number of amides is 1. The molecule has 0 bridgehead atoms. The van der Waals surface area contributed by atoms with Crippen molar-refractivity contribution >= 4 is 39.1 Å². The molecule has 0 aliphatic rings. The highest BCUT2D eigenvalue weighted by atomic mass is 32.2. The van der Waals surface area contributed by atoms with Gasteiger partial charge in [0.25, 0.3) is 10.0 Å². The van der Waals surface area contributed by atoms with Crippen molar-refractivity contribution in [3.05, 3.63) is 89.5 Å². The predicted octanol–water partition coefficient (Wildman–Crippen LogP) is 4.98. The second-order valence-electron chi connectivity index (χ2n) is 7.03. The topological polar surface area (TPSA) is 75.3 Å². The number of nitrogens with one attached hydrogen (secondary N) is 2. The number of anilines is 2. The molecule has 0 spiro atoms. The number of carbonyl (C=O) groups is 1. The standard InChI is InChI=1S/C23H24N2O3S2/c1-17-12-18(2)14-19(13-17)15-29-16-23(26)24-20-8-10-22(11-9-20)30(27,28)25-21-6-4-3-5-7-21/h3-14,25H,15-16H2,1-2H3,(H,24,26). The van der Waals surface area contributed by atoms with Crippen molar-refractivity contribution in [2.45, 2.75) is 24.5 Å². The van der Waals surface area contributed by atoms with E-state index in [9.17, 15) is 13.2 Å². The second kappa shape index (κ2) is 9.82. The van der Waals surface area contributed by atoms with Crippen LogP contribution in [0.15, 0.2) is 77.7 Å². The van der Waals surface area contributed by atoms with Gasteiger partial charge in [-0.2, -0.15) is 0 Å². The monoisotopic (exact) mass is 440 g/mol. The molecule has 0 heterocycles. The maximum Gasteiger partial charge on any atom is 0.261 e. The van der Waals surface area contributed by atoms with Gasteiger partial charge in [0.05, 0.1) is 10.6 Å². The summed E-state index contributed by atoms with van der Waals surface area (Å²) in [4.78, 5) is 12.3. The van der Waals surface area contributed by atoms with E-state index < -0.39 is 10.0 Å². The Morgan fingerprint density at radius 1 is 0.867 bits per heavy atom. The third kappa shape index (κ3) is 6.37. The molecule has 0 saturated carbocycles. The van der Waals surface area contributed by atoms with E-state index in [4.69, 9.17) is 0 Å². The molecule has 2 N–H and O–H groups in total. The maximum atomic E-state index is 12.5. The van der Waals surface area contributed by atoms with Crippen LogP contribution in [0.3, 0.4) is 0 Å². The lowest BCUT2D eigenvalue weighted by Gasteiger charge is -2.10. The first kappa shape index (κ1) is 21.9. The first-order chi connectivity index (χ1) is 14.3. The minimum absolute atomic E-state index is 0.123. The molecule has 5 nitrogen and oxygen atoms in total. The van der Waals surface area contributed by atoms with E-state index >= 15 is 0 Å². The van der Waals surface area contributed by atoms with Crippen LogP contribution in [0.2, 0.25) is 0 Å². The van der Waals surface area contributed by atoms with Gasteiger partial charge in [-0.3, -0.25) is 9.52 Å². The zero-order valence-electron chi connectivity index (χ0n) is 16.9. The van der Waals surface area contributed by atoms with Crippen LogP contribution >= 0.6 is 11.8 Å². The number of benzene rings is 3. The molecule has 30 heavy (non-hydrogen) atoms. The van der Waals surface area contributed by atoms with Gasteiger partial charge in [-0.05, 0) is 55.8 Å². The highest BCUT2D eigenvalue weighted by Gasteiger charge is 2.14. The largest absolute Gasteiger partial charge is 0.325 e. The minimum Gasteiger partial charge on any atom is -0.325 e. The van der Waals surface area contributed by atoms with E-state index in [1.165, 1.54) is 28.8 Å². The van der Waals surface area contributed by atoms with Gasteiger partial charge in [0.15, 0.2) is 0 Å². The highest BCUT2D eigenvalue weighted by Crippen LogP contribution is 2.19. The molecule has 0 aliphatic carbocycles. The van der Waals surface area contributed by atoms with Gasteiger partial charge >= 0.3 is 0 Å². The van der Waals surface area contributed by atoms with Gasteiger partial charge < -0.3 is 5.32 Å². The fourth-order valence-corrected chi connectivity index (χ4v) is 4.87. The van der Waals surface area contributed by atoms with Gasteiger partial charge in [-0.15, -0.1) is 11.8 Å². The lowest BCUT2D eigenvalue weighted by atomic mass is 10.1. The Balaban J connectivity index is 1.52. The zero-order valence-corrected chi connectivity index (χ0v) is 18.5. The molecule has 0 atom stereocenters. The normalized spacial score (nSPS) is 11.1. The van der Waals surface area contributed by atoms with Gasteiger partial charge in [-0.1, -0.05) is 47.5 Å². The zero-order chi connectivity index (χ0) is 21.6.